The fourth-order valence-electron chi connectivity index (χ4n) is 3.88. The minimum Gasteiger partial charge on any atom is -0.311 e. The molecule has 0 radical (unpaired) electrons. The van der Waals surface area contributed by atoms with Crippen LogP contribution < -0.4 is 5.32 Å². The Hall–Kier alpha value is -1.35. The van der Waals surface area contributed by atoms with E-state index in [0.29, 0.717) is 0 Å². The summed E-state index contributed by atoms with van der Waals surface area (Å²) in [7, 11) is 2.05. The molecule has 0 aliphatic carbocycles. The lowest BCUT2D eigenvalue weighted by atomic mass is 9.83. The second-order valence-electron chi connectivity index (χ2n) is 6.53. The molecule has 1 fully saturated rings. The van der Waals surface area contributed by atoms with Crippen LogP contribution in [0.4, 0.5) is 0 Å². The van der Waals surface area contributed by atoms with Crippen molar-refractivity contribution in [1.29, 1.82) is 0 Å². The Balaban J connectivity index is 1.94. The van der Waals surface area contributed by atoms with Gasteiger partial charge in [0, 0.05) is 24.4 Å². The zero-order chi connectivity index (χ0) is 14.7. The first kappa shape index (κ1) is 14.6. The van der Waals surface area contributed by atoms with E-state index in [1.54, 1.807) is 0 Å². The van der Waals surface area contributed by atoms with Crippen LogP contribution >= 0.6 is 0 Å². The van der Waals surface area contributed by atoms with Crippen LogP contribution in [0.2, 0.25) is 0 Å². The van der Waals surface area contributed by atoms with Crippen molar-refractivity contribution in [3.63, 3.8) is 0 Å². The Kier molecular flexibility index (Phi) is 4.29. The highest BCUT2D eigenvalue weighted by Gasteiger charge is 2.31. The molecule has 1 aromatic heterocycles. The fourth-order valence-corrected chi connectivity index (χ4v) is 3.88. The zero-order valence-corrected chi connectivity index (χ0v) is 13.4. The highest BCUT2D eigenvalue weighted by Crippen LogP contribution is 2.30. The lowest BCUT2D eigenvalue weighted by molar-refractivity contribution is 0.286. The molecular weight excluding hydrogens is 258 g/mol. The van der Waals surface area contributed by atoms with Gasteiger partial charge in [-0.1, -0.05) is 44.4 Å². The van der Waals surface area contributed by atoms with Crippen molar-refractivity contribution in [3.05, 3.63) is 30.0 Å². The minimum atomic E-state index is 0.252. The summed E-state index contributed by atoms with van der Waals surface area (Å²) >= 11 is 0. The van der Waals surface area contributed by atoms with Crippen molar-refractivity contribution in [3.8, 4) is 0 Å². The van der Waals surface area contributed by atoms with Gasteiger partial charge in [0.05, 0.1) is 11.2 Å². The molecule has 1 aliphatic heterocycles. The summed E-state index contributed by atoms with van der Waals surface area (Å²) in [6.45, 7) is 3.45. The van der Waals surface area contributed by atoms with E-state index >= 15 is 0 Å². The summed E-state index contributed by atoms with van der Waals surface area (Å²) in [5.74, 6) is 0. The van der Waals surface area contributed by atoms with Crippen LogP contribution in [0.15, 0.2) is 24.3 Å². The standard InChI is InChI=1S/C18H27N3/c1-3-11-18(12-7-4-8-13-19-18)14-16-15-9-5-6-10-17(15)21(2)20-16/h5-6,9-10,19H,3-4,7-8,11-14H2,1-2H3. The van der Waals surface area contributed by atoms with E-state index in [9.17, 15) is 0 Å². The Bertz CT molecular complexity index is 592. The van der Waals surface area contributed by atoms with Crippen molar-refractivity contribution >= 4 is 10.9 Å². The maximum Gasteiger partial charge on any atom is 0.0721 e. The first-order valence-corrected chi connectivity index (χ1v) is 8.40. The van der Waals surface area contributed by atoms with Crippen LogP contribution in [0.1, 0.15) is 51.1 Å². The van der Waals surface area contributed by atoms with Crippen molar-refractivity contribution in [2.45, 2.75) is 57.4 Å². The number of rotatable bonds is 4. The maximum absolute atomic E-state index is 4.82. The summed E-state index contributed by atoms with van der Waals surface area (Å²) in [5.41, 5.74) is 2.76. The van der Waals surface area contributed by atoms with E-state index in [-0.39, 0.29) is 5.54 Å². The van der Waals surface area contributed by atoms with Gasteiger partial charge < -0.3 is 5.32 Å². The Morgan fingerprint density at radius 3 is 2.95 bits per heavy atom. The van der Waals surface area contributed by atoms with E-state index < -0.39 is 0 Å². The second kappa shape index (κ2) is 6.18. The highest BCUT2D eigenvalue weighted by atomic mass is 15.3. The summed E-state index contributed by atoms with van der Waals surface area (Å²) in [6.07, 6.45) is 8.84. The number of hydrogen-bond donors (Lipinski definition) is 1. The lowest BCUT2D eigenvalue weighted by Crippen LogP contribution is -2.46. The zero-order valence-electron chi connectivity index (χ0n) is 13.4. The molecule has 0 bridgehead atoms. The highest BCUT2D eigenvalue weighted by molar-refractivity contribution is 5.82. The molecule has 21 heavy (non-hydrogen) atoms. The third-order valence-electron chi connectivity index (χ3n) is 4.90. The van der Waals surface area contributed by atoms with Gasteiger partial charge in [0.25, 0.3) is 0 Å². The number of aryl methyl sites for hydroxylation is 1. The second-order valence-corrected chi connectivity index (χ2v) is 6.53. The summed E-state index contributed by atoms with van der Waals surface area (Å²) in [6, 6.07) is 8.60. The number of hydrogen-bond acceptors (Lipinski definition) is 2. The smallest absolute Gasteiger partial charge is 0.0721 e. The molecule has 2 aromatic rings. The van der Waals surface area contributed by atoms with Gasteiger partial charge in [-0.25, -0.2) is 0 Å². The van der Waals surface area contributed by atoms with Crippen LogP contribution in [0, 0.1) is 0 Å². The van der Waals surface area contributed by atoms with Gasteiger partial charge in [-0.3, -0.25) is 4.68 Å². The molecule has 2 heterocycles. The molecule has 1 aliphatic rings. The van der Waals surface area contributed by atoms with Crippen LogP contribution in [-0.2, 0) is 13.5 Å². The molecule has 0 saturated carbocycles. The minimum absolute atomic E-state index is 0.252. The van der Waals surface area contributed by atoms with E-state index in [2.05, 4.69) is 43.6 Å². The summed E-state index contributed by atoms with van der Waals surface area (Å²) in [4.78, 5) is 0. The van der Waals surface area contributed by atoms with Gasteiger partial charge in [-0.15, -0.1) is 0 Å². The van der Waals surface area contributed by atoms with E-state index in [1.165, 1.54) is 55.1 Å². The molecule has 1 N–H and O–H groups in total. The van der Waals surface area contributed by atoms with Crippen LogP contribution in [0.3, 0.4) is 0 Å². The van der Waals surface area contributed by atoms with Gasteiger partial charge in [-0.2, -0.15) is 5.10 Å². The lowest BCUT2D eigenvalue weighted by Gasteiger charge is -2.33. The number of nitrogens with zero attached hydrogens (tertiary/aromatic N) is 2. The average Bonchev–Trinajstić information content (AvgIpc) is 2.66. The Morgan fingerprint density at radius 1 is 1.24 bits per heavy atom. The molecular formula is C18H27N3. The molecule has 1 unspecified atom stereocenters. The summed E-state index contributed by atoms with van der Waals surface area (Å²) < 4.78 is 2.03. The average molecular weight is 285 g/mol. The number of fused-ring (bicyclic) bond motifs is 1. The number of benzene rings is 1. The Labute approximate surface area is 127 Å². The topological polar surface area (TPSA) is 29.9 Å². The molecule has 3 nitrogen and oxygen atoms in total. The third-order valence-corrected chi connectivity index (χ3v) is 4.90. The van der Waals surface area contributed by atoms with E-state index in [1.807, 2.05) is 4.68 Å². The Morgan fingerprint density at radius 2 is 2.10 bits per heavy atom. The van der Waals surface area contributed by atoms with Crippen molar-refractivity contribution in [2.24, 2.45) is 7.05 Å². The predicted molar refractivity (Wildman–Crippen MR) is 88.5 cm³/mol. The summed E-state index contributed by atoms with van der Waals surface area (Å²) in [5, 5.41) is 10.0. The molecule has 0 spiro atoms. The first-order valence-electron chi connectivity index (χ1n) is 8.40. The van der Waals surface area contributed by atoms with Gasteiger partial charge in [-0.05, 0) is 31.9 Å². The SMILES string of the molecule is CCCC1(Cc2nn(C)c3ccccc23)CCCCCN1. The van der Waals surface area contributed by atoms with Crippen molar-refractivity contribution in [2.75, 3.05) is 6.54 Å². The van der Waals surface area contributed by atoms with Gasteiger partial charge in [0.15, 0.2) is 0 Å². The molecule has 114 valence electrons. The van der Waals surface area contributed by atoms with Gasteiger partial charge >= 0.3 is 0 Å². The molecule has 3 heteroatoms. The number of para-hydroxylation sites is 1. The van der Waals surface area contributed by atoms with E-state index in [0.717, 1.165) is 13.0 Å². The van der Waals surface area contributed by atoms with Crippen LogP contribution in [0.25, 0.3) is 10.9 Å². The molecule has 3 rings (SSSR count). The van der Waals surface area contributed by atoms with Crippen LogP contribution in [0.5, 0.6) is 0 Å². The quantitative estimate of drug-likeness (QED) is 0.925. The molecule has 1 aromatic carbocycles. The van der Waals surface area contributed by atoms with Crippen molar-refractivity contribution in [1.82, 2.24) is 15.1 Å². The number of aromatic nitrogens is 2. The normalized spacial score (nSPS) is 23.3. The largest absolute Gasteiger partial charge is 0.311 e. The third kappa shape index (κ3) is 2.98. The molecule has 1 atom stereocenters. The van der Waals surface area contributed by atoms with Crippen LogP contribution in [-0.4, -0.2) is 21.9 Å². The number of nitrogens with one attached hydrogen (secondary N) is 1. The van der Waals surface area contributed by atoms with Crippen molar-refractivity contribution < 1.29 is 0 Å². The first-order chi connectivity index (χ1) is 10.2. The van der Waals surface area contributed by atoms with E-state index in [4.69, 9.17) is 5.10 Å². The maximum atomic E-state index is 4.82. The molecule has 1 saturated heterocycles. The monoisotopic (exact) mass is 285 g/mol. The molecule has 0 amide bonds. The predicted octanol–water partition coefficient (Wildman–Crippen LogP) is 3.82. The van der Waals surface area contributed by atoms with Gasteiger partial charge in [0.2, 0.25) is 0 Å². The van der Waals surface area contributed by atoms with Gasteiger partial charge in [0.1, 0.15) is 0 Å². The fraction of sp³-hybridized carbons (Fsp3) is 0.611.